The molecule has 1 aliphatic rings. The second kappa shape index (κ2) is 7.94. The number of hydrogen-bond donors (Lipinski definition) is 0. The molecule has 0 N–H and O–H groups in total. The molecule has 120 valence electrons. The van der Waals surface area contributed by atoms with Crippen LogP contribution in [0.1, 0.15) is 18.9 Å². The summed E-state index contributed by atoms with van der Waals surface area (Å²) in [6.45, 7) is 6.92. The van der Waals surface area contributed by atoms with Crippen LogP contribution >= 0.6 is 0 Å². The number of carbonyl (C=O) groups excluding carboxylic acids is 2. The summed E-state index contributed by atoms with van der Waals surface area (Å²) in [4.78, 5) is 30.1. The van der Waals surface area contributed by atoms with E-state index in [0.29, 0.717) is 6.54 Å². The fraction of sp³-hybridized carbons (Fsp3) is 0.529. The minimum Gasteiger partial charge on any atom is -0.341 e. The van der Waals surface area contributed by atoms with Gasteiger partial charge in [0, 0.05) is 39.8 Å². The Balaban J connectivity index is 1.80. The molecule has 0 saturated carbocycles. The summed E-state index contributed by atoms with van der Waals surface area (Å²) in [6, 6.07) is 9.81. The second-order valence-electron chi connectivity index (χ2n) is 5.73. The Morgan fingerprint density at radius 1 is 1.09 bits per heavy atom. The van der Waals surface area contributed by atoms with Gasteiger partial charge in [0.1, 0.15) is 6.42 Å². The van der Waals surface area contributed by atoms with Gasteiger partial charge < -0.3 is 14.7 Å². The molecule has 0 bridgehead atoms. The maximum absolute atomic E-state index is 12.2. The normalized spacial score (nSPS) is 15.6. The van der Waals surface area contributed by atoms with Crippen LogP contribution in [0, 0.1) is 0 Å². The van der Waals surface area contributed by atoms with Crippen LogP contribution in [0.2, 0.25) is 0 Å². The minimum absolute atomic E-state index is 0.0323. The molecular formula is C17H25N3O2. The van der Waals surface area contributed by atoms with Gasteiger partial charge in [-0.1, -0.05) is 37.3 Å². The van der Waals surface area contributed by atoms with Gasteiger partial charge >= 0.3 is 0 Å². The third-order valence-corrected chi connectivity index (χ3v) is 4.16. The van der Waals surface area contributed by atoms with Gasteiger partial charge in [-0.2, -0.15) is 0 Å². The molecule has 5 nitrogen and oxygen atoms in total. The van der Waals surface area contributed by atoms with Crippen LogP contribution in [0.15, 0.2) is 30.3 Å². The van der Waals surface area contributed by atoms with Gasteiger partial charge in [-0.05, 0) is 12.1 Å². The highest BCUT2D eigenvalue weighted by Crippen LogP contribution is 2.07. The molecule has 0 aromatic heterocycles. The Morgan fingerprint density at radius 2 is 1.73 bits per heavy atom. The van der Waals surface area contributed by atoms with Crippen LogP contribution in [-0.2, 0) is 16.1 Å². The Hall–Kier alpha value is -1.88. The molecule has 1 aliphatic heterocycles. The van der Waals surface area contributed by atoms with E-state index in [-0.39, 0.29) is 18.2 Å². The average Bonchev–Trinajstić information content (AvgIpc) is 2.55. The molecule has 0 aliphatic carbocycles. The van der Waals surface area contributed by atoms with Crippen molar-refractivity contribution in [2.45, 2.75) is 19.9 Å². The number of carbonyl (C=O) groups is 2. The number of benzene rings is 1. The van der Waals surface area contributed by atoms with Crippen molar-refractivity contribution >= 4 is 11.8 Å². The van der Waals surface area contributed by atoms with E-state index in [4.69, 9.17) is 0 Å². The van der Waals surface area contributed by atoms with E-state index < -0.39 is 0 Å². The van der Waals surface area contributed by atoms with Gasteiger partial charge in [-0.3, -0.25) is 9.59 Å². The topological polar surface area (TPSA) is 43.9 Å². The van der Waals surface area contributed by atoms with Crippen LogP contribution in [0.5, 0.6) is 0 Å². The lowest BCUT2D eigenvalue weighted by atomic mass is 10.2. The van der Waals surface area contributed by atoms with E-state index in [2.05, 4.69) is 11.8 Å². The number of nitrogens with zero attached hydrogens (tertiary/aromatic N) is 3. The third kappa shape index (κ3) is 4.56. The summed E-state index contributed by atoms with van der Waals surface area (Å²) < 4.78 is 0. The summed E-state index contributed by atoms with van der Waals surface area (Å²) in [5.74, 6) is -0.174. The van der Waals surface area contributed by atoms with Crippen LogP contribution < -0.4 is 0 Å². The van der Waals surface area contributed by atoms with E-state index in [1.54, 1.807) is 16.8 Å². The third-order valence-electron chi connectivity index (χ3n) is 4.16. The molecule has 0 atom stereocenters. The lowest BCUT2D eigenvalue weighted by Gasteiger charge is -2.34. The highest BCUT2D eigenvalue weighted by atomic mass is 16.2. The Morgan fingerprint density at radius 3 is 2.32 bits per heavy atom. The molecule has 2 rings (SSSR count). The number of hydrogen-bond acceptors (Lipinski definition) is 3. The molecule has 1 aromatic rings. The minimum atomic E-state index is -0.119. The van der Waals surface area contributed by atoms with Gasteiger partial charge in [0.15, 0.2) is 0 Å². The van der Waals surface area contributed by atoms with E-state index >= 15 is 0 Å². The predicted octanol–water partition coefficient (Wildman–Crippen LogP) is 1.20. The first-order valence-electron chi connectivity index (χ1n) is 7.88. The molecule has 1 aromatic carbocycles. The van der Waals surface area contributed by atoms with Crippen molar-refractivity contribution in [1.82, 2.24) is 14.7 Å². The predicted molar refractivity (Wildman–Crippen MR) is 86.2 cm³/mol. The molecule has 5 heteroatoms. The maximum Gasteiger partial charge on any atom is 0.232 e. The van der Waals surface area contributed by atoms with Crippen LogP contribution in [0.3, 0.4) is 0 Å². The molecule has 1 saturated heterocycles. The summed E-state index contributed by atoms with van der Waals surface area (Å²) in [7, 11) is 1.75. The molecule has 1 fully saturated rings. The lowest BCUT2D eigenvalue weighted by Crippen LogP contribution is -2.49. The first kappa shape index (κ1) is 16.5. The largest absolute Gasteiger partial charge is 0.341 e. The summed E-state index contributed by atoms with van der Waals surface area (Å²) >= 11 is 0. The van der Waals surface area contributed by atoms with Crippen molar-refractivity contribution in [2.24, 2.45) is 0 Å². The van der Waals surface area contributed by atoms with E-state index in [1.165, 1.54) is 0 Å². The SMILES string of the molecule is CCN1CCN(C(=O)CC(=O)N(C)Cc2ccccc2)CC1. The van der Waals surface area contributed by atoms with Crippen molar-refractivity contribution in [3.8, 4) is 0 Å². The van der Waals surface area contributed by atoms with Gasteiger partial charge in [0.25, 0.3) is 0 Å². The van der Waals surface area contributed by atoms with Gasteiger partial charge in [-0.25, -0.2) is 0 Å². The van der Waals surface area contributed by atoms with Crippen molar-refractivity contribution in [2.75, 3.05) is 39.8 Å². The monoisotopic (exact) mass is 303 g/mol. The fourth-order valence-electron chi connectivity index (χ4n) is 2.64. The number of piperazine rings is 1. The van der Waals surface area contributed by atoms with Crippen LogP contribution in [0.4, 0.5) is 0 Å². The Bertz CT molecular complexity index is 496. The van der Waals surface area contributed by atoms with Gasteiger partial charge in [0.05, 0.1) is 0 Å². The zero-order valence-corrected chi connectivity index (χ0v) is 13.5. The number of likely N-dealkylation sites (N-methyl/N-ethyl adjacent to an activating group) is 1. The molecule has 2 amide bonds. The number of rotatable bonds is 5. The second-order valence-corrected chi connectivity index (χ2v) is 5.73. The highest BCUT2D eigenvalue weighted by molar-refractivity contribution is 5.96. The first-order chi connectivity index (χ1) is 10.6. The zero-order chi connectivity index (χ0) is 15.9. The standard InChI is InChI=1S/C17H25N3O2/c1-3-19-9-11-20(12-10-19)17(22)13-16(21)18(2)14-15-7-5-4-6-8-15/h4-8H,3,9-14H2,1-2H3. The maximum atomic E-state index is 12.2. The molecule has 22 heavy (non-hydrogen) atoms. The van der Waals surface area contributed by atoms with Gasteiger partial charge in [0.2, 0.25) is 11.8 Å². The van der Waals surface area contributed by atoms with E-state index in [0.717, 1.165) is 38.3 Å². The van der Waals surface area contributed by atoms with E-state index in [1.807, 2.05) is 30.3 Å². The van der Waals surface area contributed by atoms with Crippen molar-refractivity contribution in [3.63, 3.8) is 0 Å². The van der Waals surface area contributed by atoms with Gasteiger partial charge in [-0.15, -0.1) is 0 Å². The first-order valence-corrected chi connectivity index (χ1v) is 7.88. The molecular weight excluding hydrogens is 278 g/mol. The van der Waals surface area contributed by atoms with E-state index in [9.17, 15) is 9.59 Å². The molecule has 1 heterocycles. The molecule has 0 unspecified atom stereocenters. The zero-order valence-electron chi connectivity index (χ0n) is 13.5. The Labute approximate surface area is 132 Å². The lowest BCUT2D eigenvalue weighted by molar-refractivity contribution is -0.141. The quantitative estimate of drug-likeness (QED) is 0.768. The summed E-state index contributed by atoms with van der Waals surface area (Å²) in [6.07, 6.45) is -0.0323. The highest BCUT2D eigenvalue weighted by Gasteiger charge is 2.23. The summed E-state index contributed by atoms with van der Waals surface area (Å²) in [5, 5.41) is 0. The van der Waals surface area contributed by atoms with Crippen LogP contribution in [-0.4, -0.2) is 66.3 Å². The average molecular weight is 303 g/mol. The van der Waals surface area contributed by atoms with Crippen molar-refractivity contribution < 1.29 is 9.59 Å². The van der Waals surface area contributed by atoms with Crippen molar-refractivity contribution in [3.05, 3.63) is 35.9 Å². The molecule has 0 radical (unpaired) electrons. The smallest absolute Gasteiger partial charge is 0.232 e. The fourth-order valence-corrected chi connectivity index (χ4v) is 2.64. The van der Waals surface area contributed by atoms with Crippen molar-refractivity contribution in [1.29, 1.82) is 0 Å². The number of amides is 2. The van der Waals surface area contributed by atoms with Crippen LogP contribution in [0.25, 0.3) is 0 Å². The summed E-state index contributed by atoms with van der Waals surface area (Å²) in [5.41, 5.74) is 1.07. The Kier molecular flexibility index (Phi) is 5.95. The molecule has 0 spiro atoms.